The van der Waals surface area contributed by atoms with Crippen molar-refractivity contribution >= 4 is 22.3 Å². The van der Waals surface area contributed by atoms with Gasteiger partial charge >= 0.3 is 5.63 Å². The summed E-state index contributed by atoms with van der Waals surface area (Å²) >= 11 is 0. The lowest BCUT2D eigenvalue weighted by Crippen LogP contribution is -2.24. The minimum absolute atomic E-state index is 0.137. The van der Waals surface area contributed by atoms with Crippen LogP contribution in [0.15, 0.2) is 27.4 Å². The van der Waals surface area contributed by atoms with E-state index in [-0.39, 0.29) is 10.9 Å². The van der Waals surface area contributed by atoms with Crippen LogP contribution in [-0.2, 0) is 0 Å². The summed E-state index contributed by atoms with van der Waals surface area (Å²) in [5, 5.41) is 21.2. The van der Waals surface area contributed by atoms with Crippen LogP contribution in [0.2, 0.25) is 0 Å². The molecular weight excluding hydrogens is 260 g/mol. The first-order valence-electron chi connectivity index (χ1n) is 6.47. The van der Waals surface area contributed by atoms with E-state index < -0.39 is 5.63 Å². The largest absolute Gasteiger partial charge is 0.733 e. The Morgan fingerprint density at radius 2 is 1.85 bits per heavy atom. The molecule has 0 aliphatic rings. The zero-order valence-electron chi connectivity index (χ0n) is 11.7. The Balaban J connectivity index is 2.78. The van der Waals surface area contributed by atoms with Crippen molar-refractivity contribution in [2.24, 2.45) is 0 Å². The molecule has 0 aliphatic carbocycles. The Kier molecular flexibility index (Phi) is 3.96. The second-order valence-corrected chi connectivity index (χ2v) is 4.53. The van der Waals surface area contributed by atoms with Gasteiger partial charge in [-0.1, -0.05) is 0 Å². The van der Waals surface area contributed by atoms with Gasteiger partial charge < -0.3 is 19.8 Å². The summed E-state index contributed by atoms with van der Waals surface area (Å²) in [6, 6.07) is 4.51. The smallest absolute Gasteiger partial charge is 0.336 e. The number of nitrogens with zero attached hydrogens (tertiary/aromatic N) is 2. The van der Waals surface area contributed by atoms with Gasteiger partial charge in [0.25, 0.3) is 0 Å². The molecule has 1 aromatic heterocycles. The molecule has 108 valence electrons. The highest BCUT2D eigenvalue weighted by Gasteiger charge is 2.13. The lowest BCUT2D eigenvalue weighted by Gasteiger charge is -2.30. The molecule has 0 atom stereocenters. The van der Waals surface area contributed by atoms with Gasteiger partial charge in [-0.25, -0.2) is 4.79 Å². The van der Waals surface area contributed by atoms with Gasteiger partial charge in [-0.15, -0.1) is 0 Å². The van der Waals surface area contributed by atoms with Crippen LogP contribution in [0.1, 0.15) is 19.4 Å². The fourth-order valence-electron chi connectivity index (χ4n) is 2.31. The normalized spacial score (nSPS) is 10.8. The maximum Gasteiger partial charge on any atom is 0.336 e. The van der Waals surface area contributed by atoms with Gasteiger partial charge in [-0.3, -0.25) is 5.21 Å². The Hall–Kier alpha value is -2.05. The third-order valence-electron chi connectivity index (χ3n) is 3.36. The minimum Gasteiger partial charge on any atom is -0.733 e. The molecule has 0 bridgehead atoms. The fourth-order valence-corrected chi connectivity index (χ4v) is 2.31. The molecule has 0 saturated heterocycles. The summed E-state index contributed by atoms with van der Waals surface area (Å²) in [5.41, 5.74) is 1.34. The molecule has 6 nitrogen and oxygen atoms in total. The molecule has 6 heteroatoms. The van der Waals surface area contributed by atoms with Gasteiger partial charge in [0.15, 0.2) is 0 Å². The molecule has 0 fully saturated rings. The number of benzene rings is 1. The SMILES string of the molecule is CCN(CC)c1cc2oc(=O)cc(C)c2cc1N([O-])O. The highest BCUT2D eigenvalue weighted by Crippen LogP contribution is 2.33. The summed E-state index contributed by atoms with van der Waals surface area (Å²) in [7, 11) is 0. The van der Waals surface area contributed by atoms with Crippen LogP contribution in [-0.4, -0.2) is 18.3 Å². The van der Waals surface area contributed by atoms with Crippen molar-refractivity contribution in [2.45, 2.75) is 20.8 Å². The van der Waals surface area contributed by atoms with Crippen molar-refractivity contribution < 1.29 is 9.62 Å². The molecular formula is C14H17N2O4-. The quantitative estimate of drug-likeness (QED) is 0.683. The first-order chi connectivity index (χ1) is 9.47. The first-order valence-corrected chi connectivity index (χ1v) is 6.47. The van der Waals surface area contributed by atoms with Gasteiger partial charge in [-0.2, -0.15) is 0 Å². The monoisotopic (exact) mass is 277 g/mol. The van der Waals surface area contributed by atoms with Crippen molar-refractivity contribution in [1.29, 1.82) is 0 Å². The van der Waals surface area contributed by atoms with E-state index in [2.05, 4.69) is 0 Å². The highest BCUT2D eigenvalue weighted by atomic mass is 16.8. The first kappa shape index (κ1) is 14.4. The van der Waals surface area contributed by atoms with Crippen LogP contribution in [0.4, 0.5) is 11.4 Å². The Bertz CT molecular complexity index is 675. The van der Waals surface area contributed by atoms with Crippen molar-refractivity contribution in [3.8, 4) is 0 Å². The lowest BCUT2D eigenvalue weighted by atomic mass is 10.1. The molecule has 0 amide bonds. The topological polar surface area (TPSA) is 80.0 Å². The van der Waals surface area contributed by atoms with E-state index >= 15 is 0 Å². The van der Waals surface area contributed by atoms with Crippen LogP contribution >= 0.6 is 0 Å². The Labute approximate surface area is 116 Å². The summed E-state index contributed by atoms with van der Waals surface area (Å²) in [5.74, 6) is 0. The average Bonchev–Trinajstić information content (AvgIpc) is 2.38. The molecule has 2 aromatic rings. The summed E-state index contributed by atoms with van der Waals surface area (Å²) in [6.07, 6.45) is 0. The molecule has 0 spiro atoms. The van der Waals surface area contributed by atoms with Crippen molar-refractivity contribution in [2.75, 3.05) is 23.2 Å². The van der Waals surface area contributed by atoms with E-state index in [0.29, 0.717) is 35.3 Å². The summed E-state index contributed by atoms with van der Waals surface area (Å²) < 4.78 is 5.17. The lowest BCUT2D eigenvalue weighted by molar-refractivity contribution is 0.297. The highest BCUT2D eigenvalue weighted by molar-refractivity contribution is 5.91. The van der Waals surface area contributed by atoms with Gasteiger partial charge in [-0.05, 0) is 32.4 Å². The van der Waals surface area contributed by atoms with E-state index in [0.717, 1.165) is 0 Å². The van der Waals surface area contributed by atoms with E-state index in [1.54, 1.807) is 13.0 Å². The number of hydrogen-bond acceptors (Lipinski definition) is 6. The second-order valence-electron chi connectivity index (χ2n) is 4.53. The summed E-state index contributed by atoms with van der Waals surface area (Å²) in [6.45, 7) is 6.97. The fraction of sp³-hybridized carbons (Fsp3) is 0.357. The standard InChI is InChI=1S/C14H17N2O4/c1-4-15(5-2)11-8-13-10(7-12(11)16(18)19)9(3)6-14(17)20-13/h6-8,18H,4-5H2,1-3H3/q-1. The molecule has 20 heavy (non-hydrogen) atoms. The van der Waals surface area contributed by atoms with Gasteiger partial charge in [0, 0.05) is 30.6 Å². The van der Waals surface area contributed by atoms with Crippen LogP contribution in [0.3, 0.4) is 0 Å². The van der Waals surface area contributed by atoms with Gasteiger partial charge in [0.05, 0.1) is 11.4 Å². The third-order valence-corrected chi connectivity index (χ3v) is 3.36. The molecule has 2 rings (SSSR count). The number of anilines is 2. The number of aryl methyl sites for hydroxylation is 1. The molecule has 0 unspecified atom stereocenters. The van der Waals surface area contributed by atoms with Crippen LogP contribution in [0, 0.1) is 12.1 Å². The van der Waals surface area contributed by atoms with E-state index in [1.807, 2.05) is 18.7 Å². The van der Waals surface area contributed by atoms with Gasteiger partial charge in [0.1, 0.15) is 5.58 Å². The van der Waals surface area contributed by atoms with Crippen molar-refractivity contribution in [3.63, 3.8) is 0 Å². The van der Waals surface area contributed by atoms with E-state index in [9.17, 15) is 15.2 Å². The minimum atomic E-state index is -0.434. The third kappa shape index (κ3) is 2.48. The predicted molar refractivity (Wildman–Crippen MR) is 78.4 cm³/mol. The Morgan fingerprint density at radius 1 is 1.20 bits per heavy atom. The maximum atomic E-state index is 11.4. The van der Waals surface area contributed by atoms with E-state index in [4.69, 9.17) is 4.42 Å². The molecule has 1 N–H and O–H groups in total. The van der Waals surface area contributed by atoms with Crippen molar-refractivity contribution in [3.05, 3.63) is 39.4 Å². The van der Waals surface area contributed by atoms with E-state index in [1.165, 1.54) is 12.1 Å². The zero-order valence-corrected chi connectivity index (χ0v) is 11.7. The second kappa shape index (κ2) is 5.52. The number of hydrogen-bond donors (Lipinski definition) is 1. The summed E-state index contributed by atoms with van der Waals surface area (Å²) in [4.78, 5) is 13.3. The van der Waals surface area contributed by atoms with Gasteiger partial charge in [0.2, 0.25) is 0 Å². The van der Waals surface area contributed by atoms with Crippen LogP contribution in [0.5, 0.6) is 0 Å². The molecule has 1 heterocycles. The molecule has 1 aromatic carbocycles. The molecule has 0 radical (unpaired) electrons. The Morgan fingerprint density at radius 3 is 2.40 bits per heavy atom. The zero-order chi connectivity index (χ0) is 14.9. The van der Waals surface area contributed by atoms with Crippen LogP contribution < -0.4 is 15.8 Å². The number of fused-ring (bicyclic) bond motifs is 1. The van der Waals surface area contributed by atoms with Crippen molar-refractivity contribution in [1.82, 2.24) is 0 Å². The maximum absolute atomic E-state index is 11.4. The van der Waals surface area contributed by atoms with Crippen LogP contribution in [0.25, 0.3) is 11.0 Å². The molecule has 0 aliphatic heterocycles. The predicted octanol–water partition coefficient (Wildman–Crippen LogP) is 2.64. The average molecular weight is 277 g/mol. The number of rotatable bonds is 4. The molecule has 0 saturated carbocycles.